The van der Waals surface area contributed by atoms with E-state index in [1.54, 1.807) is 0 Å². The SMILES string of the molecule is O=C(O)c1c(O)cc(OC2OC(CO)C(O)C(O)C2O)cc1OC1OC(CO)C(O)C(O)C1O. The fraction of sp³-hybridized carbons (Fsp3) is 0.632. The number of benzene rings is 1. The topological polar surface area (TPSA) is 256 Å². The molecule has 3 rings (SSSR count). The predicted molar refractivity (Wildman–Crippen MR) is 104 cm³/mol. The van der Waals surface area contributed by atoms with Crippen molar-refractivity contribution in [3.8, 4) is 17.2 Å². The Morgan fingerprint density at radius 2 is 1.24 bits per heavy atom. The first-order chi connectivity index (χ1) is 16.0. The number of aromatic carboxylic acids is 1. The molecule has 2 aliphatic heterocycles. The molecule has 0 radical (unpaired) electrons. The van der Waals surface area contributed by atoms with Crippen LogP contribution in [0.1, 0.15) is 10.4 Å². The monoisotopic (exact) mass is 494 g/mol. The van der Waals surface area contributed by atoms with Gasteiger partial charge in [-0.05, 0) is 0 Å². The molecule has 2 heterocycles. The maximum atomic E-state index is 11.7. The van der Waals surface area contributed by atoms with E-state index in [2.05, 4.69) is 0 Å². The van der Waals surface area contributed by atoms with Crippen molar-refractivity contribution < 1.29 is 74.8 Å². The van der Waals surface area contributed by atoms with E-state index in [4.69, 9.17) is 18.9 Å². The van der Waals surface area contributed by atoms with Gasteiger partial charge in [0.2, 0.25) is 12.6 Å². The van der Waals surface area contributed by atoms with Crippen molar-refractivity contribution >= 4 is 5.97 Å². The Balaban J connectivity index is 1.89. The lowest BCUT2D eigenvalue weighted by Gasteiger charge is -2.40. The summed E-state index contributed by atoms with van der Waals surface area (Å²) in [7, 11) is 0. The maximum absolute atomic E-state index is 11.7. The molecule has 1 aromatic rings. The number of aromatic hydroxyl groups is 1. The average molecular weight is 494 g/mol. The average Bonchev–Trinajstić information content (AvgIpc) is 2.79. The highest BCUT2D eigenvalue weighted by Crippen LogP contribution is 2.37. The lowest BCUT2D eigenvalue weighted by Crippen LogP contribution is -2.60. The molecular formula is C19H26O15. The van der Waals surface area contributed by atoms with Crippen LogP contribution in [0.3, 0.4) is 0 Å². The van der Waals surface area contributed by atoms with E-state index in [0.29, 0.717) is 0 Å². The van der Waals surface area contributed by atoms with Crippen molar-refractivity contribution in [2.24, 2.45) is 0 Å². The van der Waals surface area contributed by atoms with Crippen molar-refractivity contribution in [2.75, 3.05) is 13.2 Å². The molecule has 2 saturated heterocycles. The van der Waals surface area contributed by atoms with E-state index >= 15 is 0 Å². The number of carbonyl (C=O) groups is 1. The number of hydrogen-bond acceptors (Lipinski definition) is 14. The molecule has 15 heteroatoms. The number of phenols is 1. The normalized spacial score (nSPS) is 38.4. The van der Waals surface area contributed by atoms with Crippen molar-refractivity contribution in [1.82, 2.24) is 0 Å². The van der Waals surface area contributed by atoms with Gasteiger partial charge in [0.15, 0.2) is 0 Å². The molecule has 10 N–H and O–H groups in total. The second-order valence-corrected chi connectivity index (χ2v) is 7.75. The van der Waals surface area contributed by atoms with Gasteiger partial charge in [-0.3, -0.25) is 0 Å². The van der Waals surface area contributed by atoms with Crippen molar-refractivity contribution in [3.05, 3.63) is 17.7 Å². The second kappa shape index (κ2) is 10.5. The molecule has 0 spiro atoms. The Bertz CT molecular complexity index is 860. The molecule has 10 unspecified atom stereocenters. The lowest BCUT2D eigenvalue weighted by molar-refractivity contribution is -0.278. The molecule has 0 aliphatic carbocycles. The van der Waals surface area contributed by atoms with Crippen LogP contribution in [-0.4, -0.2) is 132 Å². The zero-order valence-electron chi connectivity index (χ0n) is 17.4. The summed E-state index contributed by atoms with van der Waals surface area (Å²) in [6, 6.07) is 1.71. The molecule has 192 valence electrons. The second-order valence-electron chi connectivity index (χ2n) is 7.75. The Hall–Kier alpha value is -2.31. The minimum Gasteiger partial charge on any atom is -0.507 e. The van der Waals surface area contributed by atoms with Gasteiger partial charge in [0, 0.05) is 12.1 Å². The molecule has 2 aliphatic rings. The van der Waals surface area contributed by atoms with Gasteiger partial charge in [-0.1, -0.05) is 0 Å². The summed E-state index contributed by atoms with van der Waals surface area (Å²) >= 11 is 0. The highest BCUT2D eigenvalue weighted by atomic mass is 16.7. The van der Waals surface area contributed by atoms with Crippen LogP contribution < -0.4 is 9.47 Å². The lowest BCUT2D eigenvalue weighted by atomic mass is 9.99. The maximum Gasteiger partial charge on any atom is 0.343 e. The quantitative estimate of drug-likeness (QED) is 0.171. The molecule has 2 fully saturated rings. The third-order valence-electron chi connectivity index (χ3n) is 5.46. The molecule has 0 amide bonds. The Kier molecular flexibility index (Phi) is 8.14. The third-order valence-corrected chi connectivity index (χ3v) is 5.46. The number of aliphatic hydroxyl groups is 8. The zero-order chi connectivity index (χ0) is 25.3. The number of ether oxygens (including phenoxy) is 4. The number of aliphatic hydroxyl groups excluding tert-OH is 8. The first-order valence-corrected chi connectivity index (χ1v) is 10.0. The molecule has 34 heavy (non-hydrogen) atoms. The minimum absolute atomic E-state index is 0.369. The summed E-state index contributed by atoms with van der Waals surface area (Å²) < 4.78 is 21.0. The van der Waals surface area contributed by atoms with Crippen molar-refractivity contribution in [1.29, 1.82) is 0 Å². The number of rotatable bonds is 7. The van der Waals surface area contributed by atoms with Crippen LogP contribution in [-0.2, 0) is 9.47 Å². The van der Waals surface area contributed by atoms with Gasteiger partial charge in [-0.25, -0.2) is 4.79 Å². The number of carboxylic acid groups (broad SMARTS) is 1. The van der Waals surface area contributed by atoms with Gasteiger partial charge < -0.3 is 70.0 Å². The van der Waals surface area contributed by atoms with Crippen LogP contribution in [0.15, 0.2) is 12.1 Å². The van der Waals surface area contributed by atoms with E-state index in [9.17, 15) is 55.9 Å². The molecule has 0 bridgehead atoms. The van der Waals surface area contributed by atoms with Gasteiger partial charge in [-0.2, -0.15) is 0 Å². The summed E-state index contributed by atoms with van der Waals surface area (Å²) in [6.45, 7) is -1.51. The standard InChI is InChI=1S/C19H26O15/c20-3-8-11(23)13(25)15(27)18(33-8)31-5-1-6(22)10(17(29)30)7(2-5)32-19-16(28)14(26)12(24)9(4-21)34-19/h1-2,8-9,11-16,18-28H,3-4H2,(H,29,30). The van der Waals surface area contributed by atoms with E-state index in [1.165, 1.54) is 0 Å². The van der Waals surface area contributed by atoms with E-state index in [0.717, 1.165) is 12.1 Å². The van der Waals surface area contributed by atoms with Crippen LogP contribution in [0.25, 0.3) is 0 Å². The van der Waals surface area contributed by atoms with Gasteiger partial charge in [0.25, 0.3) is 0 Å². The molecule has 15 nitrogen and oxygen atoms in total. The van der Waals surface area contributed by atoms with Crippen molar-refractivity contribution in [2.45, 2.75) is 61.4 Å². The van der Waals surface area contributed by atoms with E-state index in [1.807, 2.05) is 0 Å². The predicted octanol–water partition coefficient (Wildman–Crippen LogP) is -4.55. The third kappa shape index (κ3) is 5.03. The smallest absolute Gasteiger partial charge is 0.343 e. The summed E-state index contributed by atoms with van der Waals surface area (Å²) in [5, 5.41) is 98.0. The van der Waals surface area contributed by atoms with E-state index < -0.39 is 97.7 Å². The van der Waals surface area contributed by atoms with Crippen molar-refractivity contribution in [3.63, 3.8) is 0 Å². The first-order valence-electron chi connectivity index (χ1n) is 10.0. The number of hydrogen-bond donors (Lipinski definition) is 10. The first kappa shape index (κ1) is 26.3. The largest absolute Gasteiger partial charge is 0.507 e. The van der Waals surface area contributed by atoms with Crippen LogP contribution in [0.2, 0.25) is 0 Å². The minimum atomic E-state index is -1.89. The number of carboxylic acids is 1. The summed E-state index contributed by atoms with van der Waals surface area (Å²) in [4.78, 5) is 11.7. The zero-order valence-corrected chi connectivity index (χ0v) is 17.4. The van der Waals surface area contributed by atoms with Crippen LogP contribution in [0, 0.1) is 0 Å². The summed E-state index contributed by atoms with van der Waals surface area (Å²) in [5.41, 5.74) is -0.807. The molecule has 0 saturated carbocycles. The highest BCUT2D eigenvalue weighted by Gasteiger charge is 2.46. The van der Waals surface area contributed by atoms with Crippen LogP contribution >= 0.6 is 0 Å². The Labute approximate surface area is 191 Å². The van der Waals surface area contributed by atoms with Gasteiger partial charge in [0.1, 0.15) is 71.6 Å². The Morgan fingerprint density at radius 3 is 1.68 bits per heavy atom. The van der Waals surface area contributed by atoms with Crippen LogP contribution in [0.5, 0.6) is 17.2 Å². The molecule has 1 aromatic carbocycles. The van der Waals surface area contributed by atoms with Gasteiger partial charge in [-0.15, -0.1) is 0 Å². The highest BCUT2D eigenvalue weighted by molar-refractivity contribution is 5.94. The molecular weight excluding hydrogens is 468 g/mol. The fourth-order valence-corrected chi connectivity index (χ4v) is 3.54. The van der Waals surface area contributed by atoms with E-state index in [-0.39, 0.29) is 5.75 Å². The molecule has 10 atom stereocenters. The van der Waals surface area contributed by atoms with Crippen LogP contribution in [0.4, 0.5) is 0 Å². The molecule has 0 aromatic heterocycles. The fourth-order valence-electron chi connectivity index (χ4n) is 3.54. The van der Waals surface area contributed by atoms with Gasteiger partial charge in [0.05, 0.1) is 13.2 Å². The van der Waals surface area contributed by atoms with Gasteiger partial charge >= 0.3 is 5.97 Å². The summed E-state index contributed by atoms with van der Waals surface area (Å²) in [5.74, 6) is -3.58. The summed E-state index contributed by atoms with van der Waals surface area (Å²) in [6.07, 6.45) is -16.8. The Morgan fingerprint density at radius 1 is 0.765 bits per heavy atom.